The number of methoxy groups -OCH3 is 2. The van der Waals surface area contributed by atoms with Crippen molar-refractivity contribution in [3.63, 3.8) is 0 Å². The largest absolute Gasteiger partial charge is 0.493 e. The summed E-state index contributed by atoms with van der Waals surface area (Å²) in [6.45, 7) is 4.89. The third-order valence-electron chi connectivity index (χ3n) is 4.39. The molecule has 0 N–H and O–H groups in total. The smallest absolute Gasteiger partial charge is 0.169 e. The molecule has 1 saturated heterocycles. The lowest BCUT2D eigenvalue weighted by Gasteiger charge is -2.33. The van der Waals surface area contributed by atoms with E-state index in [0.29, 0.717) is 0 Å². The number of nitrogens with zero attached hydrogens (tertiary/aromatic N) is 3. The molecule has 1 aliphatic heterocycles. The van der Waals surface area contributed by atoms with Crippen LogP contribution in [-0.2, 0) is 6.54 Å². The maximum atomic E-state index is 5.45. The van der Waals surface area contributed by atoms with Crippen LogP contribution in [0.2, 0.25) is 0 Å². The lowest BCUT2D eigenvalue weighted by molar-refractivity contribution is 0.131. The van der Waals surface area contributed by atoms with E-state index >= 15 is 0 Å². The fraction of sp³-hybridized carbons (Fsp3) is 0.350. The van der Waals surface area contributed by atoms with Gasteiger partial charge >= 0.3 is 0 Å². The van der Waals surface area contributed by atoms with Crippen LogP contribution in [0.1, 0.15) is 11.1 Å². The van der Waals surface area contributed by atoms with Crippen molar-refractivity contribution >= 4 is 6.21 Å². The Morgan fingerprint density at radius 1 is 0.920 bits per heavy atom. The number of ether oxygens (including phenoxy) is 2. The van der Waals surface area contributed by atoms with Crippen molar-refractivity contribution in [3.8, 4) is 11.5 Å². The van der Waals surface area contributed by atoms with Crippen LogP contribution in [0.5, 0.6) is 11.5 Å². The van der Waals surface area contributed by atoms with E-state index in [9.17, 15) is 0 Å². The Hall–Kier alpha value is -2.53. The van der Waals surface area contributed by atoms with E-state index in [1.165, 1.54) is 5.56 Å². The number of piperazine rings is 1. The minimum atomic E-state index is 0.719. The lowest BCUT2D eigenvalue weighted by Crippen LogP contribution is -2.43. The van der Waals surface area contributed by atoms with Crippen LogP contribution in [0.3, 0.4) is 0 Å². The molecule has 0 atom stereocenters. The maximum absolute atomic E-state index is 5.45. The molecule has 2 aromatic carbocycles. The SMILES string of the molecule is COc1cccc(/C=N\N2CCN(Cc3ccccc3)CC2)c1OC. The first kappa shape index (κ1) is 17.3. The first-order chi connectivity index (χ1) is 12.3. The summed E-state index contributed by atoms with van der Waals surface area (Å²) in [4.78, 5) is 2.47. The van der Waals surface area contributed by atoms with Crippen molar-refractivity contribution in [1.29, 1.82) is 0 Å². The van der Waals surface area contributed by atoms with Crippen molar-refractivity contribution < 1.29 is 9.47 Å². The zero-order valence-electron chi connectivity index (χ0n) is 14.9. The summed E-state index contributed by atoms with van der Waals surface area (Å²) in [5, 5.41) is 6.74. The second-order valence-corrected chi connectivity index (χ2v) is 6.04. The summed E-state index contributed by atoms with van der Waals surface area (Å²) < 4.78 is 10.8. The predicted molar refractivity (Wildman–Crippen MR) is 100 cm³/mol. The molecule has 3 rings (SSSR count). The Morgan fingerprint density at radius 2 is 1.68 bits per heavy atom. The highest BCUT2D eigenvalue weighted by Gasteiger charge is 2.15. The second-order valence-electron chi connectivity index (χ2n) is 6.04. The standard InChI is InChI=1S/C20H25N3O2/c1-24-19-10-6-9-18(20(19)25-2)15-21-23-13-11-22(12-14-23)16-17-7-4-3-5-8-17/h3-10,15H,11-14,16H2,1-2H3/b21-15-. The quantitative estimate of drug-likeness (QED) is 0.759. The van der Waals surface area contributed by atoms with Gasteiger partial charge in [0.15, 0.2) is 11.5 Å². The fourth-order valence-corrected chi connectivity index (χ4v) is 3.01. The molecule has 2 aromatic rings. The van der Waals surface area contributed by atoms with E-state index in [1.807, 2.05) is 24.4 Å². The lowest BCUT2D eigenvalue weighted by atomic mass is 10.2. The zero-order chi connectivity index (χ0) is 17.5. The van der Waals surface area contributed by atoms with Gasteiger partial charge in [-0.1, -0.05) is 36.4 Å². The van der Waals surface area contributed by atoms with Crippen LogP contribution in [0, 0.1) is 0 Å². The molecule has 1 fully saturated rings. The van der Waals surface area contributed by atoms with Crippen LogP contribution >= 0.6 is 0 Å². The number of benzene rings is 2. The number of para-hydroxylation sites is 1. The van der Waals surface area contributed by atoms with Crippen LogP contribution < -0.4 is 9.47 Å². The van der Waals surface area contributed by atoms with Crippen LogP contribution in [0.25, 0.3) is 0 Å². The topological polar surface area (TPSA) is 37.3 Å². The molecule has 1 aliphatic rings. The predicted octanol–water partition coefficient (Wildman–Crippen LogP) is 2.86. The molecular formula is C20H25N3O2. The zero-order valence-corrected chi connectivity index (χ0v) is 14.9. The van der Waals surface area contributed by atoms with Crippen molar-refractivity contribution in [3.05, 3.63) is 59.7 Å². The summed E-state index contributed by atoms with van der Waals surface area (Å²) >= 11 is 0. The molecule has 0 spiro atoms. The molecule has 5 nitrogen and oxygen atoms in total. The number of hydrogen-bond acceptors (Lipinski definition) is 5. The molecule has 0 amide bonds. The van der Waals surface area contributed by atoms with Gasteiger partial charge in [0.2, 0.25) is 0 Å². The fourth-order valence-electron chi connectivity index (χ4n) is 3.01. The third-order valence-corrected chi connectivity index (χ3v) is 4.39. The van der Waals surface area contributed by atoms with Crippen LogP contribution in [0.15, 0.2) is 53.6 Å². The molecule has 0 saturated carbocycles. The number of rotatable bonds is 6. The van der Waals surface area contributed by atoms with E-state index in [1.54, 1.807) is 14.2 Å². The van der Waals surface area contributed by atoms with Crippen molar-refractivity contribution in [2.24, 2.45) is 5.10 Å². The molecule has 0 bridgehead atoms. The summed E-state index contributed by atoms with van der Waals surface area (Å²) in [5.41, 5.74) is 2.29. The minimum Gasteiger partial charge on any atom is -0.493 e. The van der Waals surface area contributed by atoms with E-state index < -0.39 is 0 Å². The van der Waals surface area contributed by atoms with Crippen molar-refractivity contribution in [2.75, 3.05) is 40.4 Å². The van der Waals surface area contributed by atoms with Crippen LogP contribution in [-0.4, -0.2) is 56.5 Å². The highest BCUT2D eigenvalue weighted by Crippen LogP contribution is 2.29. The Labute approximate surface area is 149 Å². The molecule has 132 valence electrons. The van der Waals surface area contributed by atoms with Gasteiger partial charge in [-0.25, -0.2) is 0 Å². The molecule has 0 radical (unpaired) electrons. The van der Waals surface area contributed by atoms with E-state index in [-0.39, 0.29) is 0 Å². The average molecular weight is 339 g/mol. The van der Waals surface area contributed by atoms with E-state index in [4.69, 9.17) is 9.47 Å². The highest BCUT2D eigenvalue weighted by molar-refractivity contribution is 5.84. The Balaban J connectivity index is 1.56. The minimum absolute atomic E-state index is 0.719. The Bertz CT molecular complexity index is 695. The second kappa shape index (κ2) is 8.53. The summed E-state index contributed by atoms with van der Waals surface area (Å²) in [7, 11) is 3.29. The van der Waals surface area contributed by atoms with Gasteiger partial charge in [0, 0.05) is 38.3 Å². The van der Waals surface area contributed by atoms with E-state index in [0.717, 1.165) is 49.8 Å². The van der Waals surface area contributed by atoms with Gasteiger partial charge in [-0.05, 0) is 17.7 Å². The van der Waals surface area contributed by atoms with Gasteiger partial charge in [-0.2, -0.15) is 5.10 Å². The van der Waals surface area contributed by atoms with Crippen LogP contribution in [0.4, 0.5) is 0 Å². The molecule has 0 aromatic heterocycles. The monoisotopic (exact) mass is 339 g/mol. The van der Waals surface area contributed by atoms with Gasteiger partial charge in [0.1, 0.15) is 0 Å². The Kier molecular flexibility index (Phi) is 5.90. The first-order valence-electron chi connectivity index (χ1n) is 8.56. The summed E-state index contributed by atoms with van der Waals surface area (Å²) in [5.74, 6) is 1.44. The van der Waals surface area contributed by atoms with Crippen molar-refractivity contribution in [1.82, 2.24) is 9.91 Å². The van der Waals surface area contributed by atoms with Gasteiger partial charge < -0.3 is 9.47 Å². The van der Waals surface area contributed by atoms with E-state index in [2.05, 4.69) is 45.3 Å². The van der Waals surface area contributed by atoms with Gasteiger partial charge in [0.05, 0.1) is 20.4 Å². The highest BCUT2D eigenvalue weighted by atomic mass is 16.5. The molecule has 0 aliphatic carbocycles. The molecule has 1 heterocycles. The normalized spacial score (nSPS) is 15.5. The summed E-state index contributed by atoms with van der Waals surface area (Å²) in [6.07, 6.45) is 1.86. The van der Waals surface area contributed by atoms with Gasteiger partial charge in [-0.3, -0.25) is 9.91 Å². The third kappa shape index (κ3) is 4.51. The van der Waals surface area contributed by atoms with Gasteiger partial charge in [0.25, 0.3) is 0 Å². The average Bonchev–Trinajstić information content (AvgIpc) is 2.67. The maximum Gasteiger partial charge on any atom is 0.169 e. The van der Waals surface area contributed by atoms with Crippen molar-refractivity contribution in [2.45, 2.75) is 6.54 Å². The molecule has 0 unspecified atom stereocenters. The molecule has 25 heavy (non-hydrogen) atoms. The molecule has 5 heteroatoms. The Morgan fingerprint density at radius 3 is 2.36 bits per heavy atom. The number of hydrogen-bond donors (Lipinski definition) is 0. The molecular weight excluding hydrogens is 314 g/mol. The summed E-state index contributed by atoms with van der Waals surface area (Å²) in [6, 6.07) is 16.4. The number of hydrazone groups is 1. The van der Waals surface area contributed by atoms with Gasteiger partial charge in [-0.15, -0.1) is 0 Å². The first-order valence-corrected chi connectivity index (χ1v) is 8.56.